The van der Waals surface area contributed by atoms with Crippen molar-refractivity contribution in [2.45, 2.75) is 65.0 Å². The van der Waals surface area contributed by atoms with Crippen LogP contribution in [0.15, 0.2) is 6.20 Å². The molecule has 1 saturated heterocycles. The fourth-order valence-electron chi connectivity index (χ4n) is 3.01. The highest BCUT2D eigenvalue weighted by molar-refractivity contribution is 5.50. The highest BCUT2D eigenvalue weighted by atomic mass is 15.2. The second kappa shape index (κ2) is 6.30. The van der Waals surface area contributed by atoms with Gasteiger partial charge in [0.25, 0.3) is 0 Å². The summed E-state index contributed by atoms with van der Waals surface area (Å²) in [5.41, 5.74) is 2.45. The van der Waals surface area contributed by atoms with E-state index in [1.165, 1.54) is 37.1 Å². The summed E-state index contributed by atoms with van der Waals surface area (Å²) in [4.78, 5) is 11.9. The first-order valence-corrected chi connectivity index (χ1v) is 8.51. The normalized spacial score (nSPS) is 22.3. The van der Waals surface area contributed by atoms with Crippen LogP contribution in [0, 0.1) is 5.92 Å². The van der Waals surface area contributed by atoms with Crippen molar-refractivity contribution in [1.82, 2.24) is 15.3 Å². The van der Waals surface area contributed by atoms with Crippen LogP contribution in [0.5, 0.6) is 0 Å². The Kier molecular flexibility index (Phi) is 4.43. The number of nitrogens with zero attached hydrogens (tertiary/aromatic N) is 3. The topological polar surface area (TPSA) is 41.1 Å². The average molecular weight is 288 g/mol. The molecule has 1 unspecified atom stereocenters. The standard InChI is InChI=1S/C17H28N4/c1-4-13-7-8-21(11-13)16-10-19-17(12(2)3)20-15(16)9-18-14-5-6-14/h10,12-14,18H,4-9,11H2,1-3H3. The number of aromatic nitrogens is 2. The fourth-order valence-corrected chi connectivity index (χ4v) is 3.01. The van der Waals surface area contributed by atoms with Gasteiger partial charge in [0.05, 0.1) is 17.6 Å². The third kappa shape index (κ3) is 3.54. The van der Waals surface area contributed by atoms with E-state index in [-0.39, 0.29) is 0 Å². The minimum absolute atomic E-state index is 0.390. The van der Waals surface area contributed by atoms with Gasteiger partial charge in [-0.25, -0.2) is 9.97 Å². The second-order valence-electron chi connectivity index (χ2n) is 6.88. The number of rotatable bonds is 6. The van der Waals surface area contributed by atoms with E-state index in [4.69, 9.17) is 4.98 Å². The Morgan fingerprint density at radius 1 is 1.33 bits per heavy atom. The summed E-state index contributed by atoms with van der Waals surface area (Å²) in [6.07, 6.45) is 7.28. The van der Waals surface area contributed by atoms with E-state index in [1.807, 2.05) is 0 Å². The van der Waals surface area contributed by atoms with Crippen molar-refractivity contribution in [1.29, 1.82) is 0 Å². The number of anilines is 1. The van der Waals surface area contributed by atoms with Crippen molar-refractivity contribution in [3.8, 4) is 0 Å². The lowest BCUT2D eigenvalue weighted by atomic mass is 10.1. The molecule has 2 heterocycles. The SMILES string of the molecule is CCC1CCN(c2cnc(C(C)C)nc2CNC2CC2)C1. The summed E-state index contributed by atoms with van der Waals surface area (Å²) in [6.45, 7) is 9.82. The van der Waals surface area contributed by atoms with Gasteiger partial charge in [-0.1, -0.05) is 27.2 Å². The molecule has 0 bridgehead atoms. The Hall–Kier alpha value is -1.16. The van der Waals surface area contributed by atoms with Crippen LogP contribution in [-0.4, -0.2) is 29.1 Å². The highest BCUT2D eigenvalue weighted by Gasteiger charge is 2.26. The van der Waals surface area contributed by atoms with Crippen LogP contribution in [0.1, 0.15) is 63.9 Å². The van der Waals surface area contributed by atoms with Crippen molar-refractivity contribution in [3.05, 3.63) is 17.7 Å². The molecule has 3 rings (SSSR count). The summed E-state index contributed by atoms with van der Waals surface area (Å²) in [7, 11) is 0. The van der Waals surface area contributed by atoms with Crippen molar-refractivity contribution >= 4 is 5.69 Å². The Morgan fingerprint density at radius 2 is 2.14 bits per heavy atom. The lowest BCUT2D eigenvalue weighted by Crippen LogP contribution is -2.25. The van der Waals surface area contributed by atoms with Crippen molar-refractivity contribution in [2.24, 2.45) is 5.92 Å². The zero-order valence-corrected chi connectivity index (χ0v) is 13.6. The molecular formula is C17H28N4. The summed E-state index contributed by atoms with van der Waals surface area (Å²) >= 11 is 0. The zero-order valence-electron chi connectivity index (χ0n) is 13.6. The minimum Gasteiger partial charge on any atom is -0.368 e. The van der Waals surface area contributed by atoms with E-state index in [0.717, 1.165) is 37.4 Å². The van der Waals surface area contributed by atoms with Crippen LogP contribution < -0.4 is 10.2 Å². The first kappa shape index (κ1) is 14.8. The van der Waals surface area contributed by atoms with E-state index in [1.54, 1.807) is 0 Å². The maximum Gasteiger partial charge on any atom is 0.131 e. The molecular weight excluding hydrogens is 260 g/mol. The lowest BCUT2D eigenvalue weighted by Gasteiger charge is -2.22. The Morgan fingerprint density at radius 3 is 2.76 bits per heavy atom. The summed E-state index contributed by atoms with van der Waals surface area (Å²) in [6, 6.07) is 0.720. The Bertz CT molecular complexity index is 482. The lowest BCUT2D eigenvalue weighted by molar-refractivity contribution is 0.568. The summed E-state index contributed by atoms with van der Waals surface area (Å²) in [5, 5.41) is 3.61. The van der Waals surface area contributed by atoms with Crippen molar-refractivity contribution in [2.75, 3.05) is 18.0 Å². The molecule has 1 saturated carbocycles. The van der Waals surface area contributed by atoms with Crippen LogP contribution >= 0.6 is 0 Å². The van der Waals surface area contributed by atoms with Gasteiger partial charge in [0.15, 0.2) is 0 Å². The van der Waals surface area contributed by atoms with Gasteiger partial charge in [0.1, 0.15) is 5.82 Å². The van der Waals surface area contributed by atoms with Crippen molar-refractivity contribution < 1.29 is 0 Å². The molecule has 1 atom stereocenters. The van der Waals surface area contributed by atoms with Gasteiger partial charge in [0.2, 0.25) is 0 Å². The quantitative estimate of drug-likeness (QED) is 0.873. The highest BCUT2D eigenvalue weighted by Crippen LogP contribution is 2.28. The largest absolute Gasteiger partial charge is 0.368 e. The van der Waals surface area contributed by atoms with Gasteiger partial charge in [-0.3, -0.25) is 0 Å². The first-order valence-electron chi connectivity index (χ1n) is 8.51. The van der Waals surface area contributed by atoms with Gasteiger partial charge in [0, 0.05) is 31.6 Å². The number of hydrogen-bond donors (Lipinski definition) is 1. The molecule has 1 aromatic rings. The molecule has 1 aliphatic heterocycles. The van der Waals surface area contributed by atoms with Crippen LogP contribution in [0.2, 0.25) is 0 Å². The maximum atomic E-state index is 4.85. The molecule has 1 N–H and O–H groups in total. The zero-order chi connectivity index (χ0) is 14.8. The molecule has 0 radical (unpaired) electrons. The fraction of sp³-hybridized carbons (Fsp3) is 0.765. The summed E-state index contributed by atoms with van der Waals surface area (Å²) in [5.74, 6) is 2.19. The number of nitrogens with one attached hydrogen (secondary N) is 1. The predicted molar refractivity (Wildman–Crippen MR) is 86.6 cm³/mol. The van der Waals surface area contributed by atoms with Gasteiger partial charge in [-0.15, -0.1) is 0 Å². The van der Waals surface area contributed by atoms with Gasteiger partial charge in [-0.2, -0.15) is 0 Å². The third-order valence-corrected chi connectivity index (χ3v) is 4.72. The van der Waals surface area contributed by atoms with Crippen LogP contribution in [0.25, 0.3) is 0 Å². The van der Waals surface area contributed by atoms with E-state index in [0.29, 0.717) is 5.92 Å². The molecule has 116 valence electrons. The predicted octanol–water partition coefficient (Wildman–Crippen LogP) is 3.09. The molecule has 1 aromatic heterocycles. The molecule has 0 amide bonds. The van der Waals surface area contributed by atoms with E-state index in [9.17, 15) is 0 Å². The molecule has 2 fully saturated rings. The third-order valence-electron chi connectivity index (χ3n) is 4.72. The molecule has 4 heteroatoms. The maximum absolute atomic E-state index is 4.85. The van der Waals surface area contributed by atoms with E-state index < -0.39 is 0 Å². The number of hydrogen-bond acceptors (Lipinski definition) is 4. The Labute approximate surface area is 128 Å². The first-order chi connectivity index (χ1) is 10.2. The monoisotopic (exact) mass is 288 g/mol. The molecule has 1 aliphatic carbocycles. The molecule has 0 spiro atoms. The molecule has 2 aliphatic rings. The van der Waals surface area contributed by atoms with Crippen molar-refractivity contribution in [3.63, 3.8) is 0 Å². The van der Waals surface area contributed by atoms with Gasteiger partial charge in [-0.05, 0) is 25.2 Å². The second-order valence-corrected chi connectivity index (χ2v) is 6.88. The molecule has 21 heavy (non-hydrogen) atoms. The minimum atomic E-state index is 0.390. The van der Waals surface area contributed by atoms with E-state index >= 15 is 0 Å². The van der Waals surface area contributed by atoms with Gasteiger partial charge >= 0.3 is 0 Å². The summed E-state index contributed by atoms with van der Waals surface area (Å²) < 4.78 is 0. The van der Waals surface area contributed by atoms with Gasteiger partial charge < -0.3 is 10.2 Å². The smallest absolute Gasteiger partial charge is 0.131 e. The average Bonchev–Trinajstić information content (AvgIpc) is 3.20. The van der Waals surface area contributed by atoms with Crippen LogP contribution in [0.3, 0.4) is 0 Å². The molecule has 4 nitrogen and oxygen atoms in total. The Balaban J connectivity index is 1.79. The van der Waals surface area contributed by atoms with E-state index in [2.05, 4.69) is 42.2 Å². The van der Waals surface area contributed by atoms with Crippen LogP contribution in [0.4, 0.5) is 5.69 Å². The van der Waals surface area contributed by atoms with Crippen LogP contribution in [-0.2, 0) is 6.54 Å². The molecule has 0 aromatic carbocycles.